The van der Waals surface area contributed by atoms with E-state index in [9.17, 15) is 4.79 Å². The van der Waals surface area contributed by atoms with E-state index < -0.39 is 0 Å². The van der Waals surface area contributed by atoms with Gasteiger partial charge in [0.25, 0.3) is 0 Å². The van der Waals surface area contributed by atoms with Gasteiger partial charge in [-0.25, -0.2) is 4.79 Å². The number of amides is 2. The highest BCUT2D eigenvalue weighted by molar-refractivity contribution is 5.74. The van der Waals surface area contributed by atoms with Crippen LogP contribution in [-0.4, -0.2) is 56.4 Å². The molecule has 0 spiro atoms. The molecule has 0 aliphatic carbocycles. The van der Waals surface area contributed by atoms with Crippen LogP contribution in [0.5, 0.6) is 0 Å². The molecule has 0 saturated carbocycles. The van der Waals surface area contributed by atoms with Crippen LogP contribution in [-0.2, 0) is 4.74 Å². The maximum Gasteiger partial charge on any atom is 0.317 e. The van der Waals surface area contributed by atoms with E-state index in [1.807, 2.05) is 4.90 Å². The zero-order chi connectivity index (χ0) is 12.1. The number of likely N-dealkylation sites (tertiary alicyclic amines) is 1. The normalized spacial score (nSPS) is 30.1. The van der Waals surface area contributed by atoms with Crippen LogP contribution in [0.3, 0.4) is 0 Å². The van der Waals surface area contributed by atoms with Crippen LogP contribution in [0, 0.1) is 5.92 Å². The van der Waals surface area contributed by atoms with Crippen LogP contribution in [0.1, 0.15) is 19.8 Å². The van der Waals surface area contributed by atoms with E-state index in [4.69, 9.17) is 4.74 Å². The van der Waals surface area contributed by atoms with Crippen molar-refractivity contribution in [3.8, 4) is 0 Å². The molecule has 2 fully saturated rings. The number of nitrogens with zero attached hydrogens (tertiary/aromatic N) is 1. The number of morpholine rings is 1. The Balaban J connectivity index is 1.69. The fourth-order valence-electron chi connectivity index (χ4n) is 2.44. The van der Waals surface area contributed by atoms with Crippen LogP contribution in [0.25, 0.3) is 0 Å². The van der Waals surface area contributed by atoms with Crippen LogP contribution in [0.15, 0.2) is 0 Å². The van der Waals surface area contributed by atoms with Crippen molar-refractivity contribution < 1.29 is 9.53 Å². The summed E-state index contributed by atoms with van der Waals surface area (Å²) in [4.78, 5) is 13.8. The summed E-state index contributed by atoms with van der Waals surface area (Å²) in [5, 5.41) is 6.22. The van der Waals surface area contributed by atoms with Gasteiger partial charge >= 0.3 is 6.03 Å². The molecule has 5 nitrogen and oxygen atoms in total. The van der Waals surface area contributed by atoms with Gasteiger partial charge in [0, 0.05) is 32.7 Å². The molecule has 2 atom stereocenters. The van der Waals surface area contributed by atoms with Crippen molar-refractivity contribution in [3.63, 3.8) is 0 Å². The van der Waals surface area contributed by atoms with E-state index in [-0.39, 0.29) is 12.1 Å². The topological polar surface area (TPSA) is 53.6 Å². The monoisotopic (exact) mass is 241 g/mol. The Morgan fingerprint density at radius 3 is 3.18 bits per heavy atom. The SMILES string of the molecule is CC1CCCN(C(=O)NCC2CNCCO2)C1. The number of urea groups is 1. The van der Waals surface area contributed by atoms with E-state index in [0.717, 1.165) is 39.2 Å². The Hall–Kier alpha value is -0.810. The summed E-state index contributed by atoms with van der Waals surface area (Å²) in [6.45, 7) is 7.06. The molecule has 2 heterocycles. The Bertz CT molecular complexity index is 254. The molecular formula is C12H23N3O2. The quantitative estimate of drug-likeness (QED) is 0.736. The molecule has 98 valence electrons. The lowest BCUT2D eigenvalue weighted by Crippen LogP contribution is -2.50. The van der Waals surface area contributed by atoms with Gasteiger partial charge in [-0.05, 0) is 18.8 Å². The van der Waals surface area contributed by atoms with E-state index in [1.165, 1.54) is 6.42 Å². The highest BCUT2D eigenvalue weighted by atomic mass is 16.5. The second-order valence-electron chi connectivity index (χ2n) is 5.08. The highest BCUT2D eigenvalue weighted by Crippen LogP contribution is 2.15. The third kappa shape index (κ3) is 3.85. The number of hydrogen-bond acceptors (Lipinski definition) is 3. The van der Waals surface area contributed by atoms with E-state index in [1.54, 1.807) is 0 Å². The number of hydrogen-bond donors (Lipinski definition) is 2. The minimum atomic E-state index is 0.0609. The van der Waals surface area contributed by atoms with E-state index in [2.05, 4.69) is 17.6 Å². The zero-order valence-electron chi connectivity index (χ0n) is 10.6. The summed E-state index contributed by atoms with van der Waals surface area (Å²) in [6, 6.07) is 0.0609. The number of carbonyl (C=O) groups excluding carboxylic acids is 1. The number of nitrogens with one attached hydrogen (secondary N) is 2. The smallest absolute Gasteiger partial charge is 0.317 e. The third-order valence-electron chi connectivity index (χ3n) is 3.43. The van der Waals surface area contributed by atoms with Gasteiger partial charge in [0.1, 0.15) is 0 Å². The van der Waals surface area contributed by atoms with Gasteiger partial charge < -0.3 is 20.3 Å². The molecule has 0 aromatic carbocycles. The summed E-state index contributed by atoms with van der Waals surface area (Å²) in [7, 11) is 0. The largest absolute Gasteiger partial charge is 0.374 e. The summed E-state index contributed by atoms with van der Waals surface area (Å²) < 4.78 is 5.54. The predicted molar refractivity (Wildman–Crippen MR) is 66.0 cm³/mol. The molecule has 2 aliphatic heterocycles. The minimum Gasteiger partial charge on any atom is -0.374 e. The second-order valence-corrected chi connectivity index (χ2v) is 5.08. The highest BCUT2D eigenvalue weighted by Gasteiger charge is 2.22. The maximum atomic E-state index is 11.9. The lowest BCUT2D eigenvalue weighted by Gasteiger charge is -2.32. The molecule has 2 unspecified atom stereocenters. The number of rotatable bonds is 2. The maximum absolute atomic E-state index is 11.9. The Morgan fingerprint density at radius 1 is 1.59 bits per heavy atom. The fourth-order valence-corrected chi connectivity index (χ4v) is 2.44. The average molecular weight is 241 g/mol. The first-order valence-electron chi connectivity index (χ1n) is 6.61. The summed E-state index contributed by atoms with van der Waals surface area (Å²) in [6.07, 6.45) is 2.48. The first-order chi connectivity index (χ1) is 8.25. The average Bonchev–Trinajstić information content (AvgIpc) is 2.37. The van der Waals surface area contributed by atoms with Crippen molar-refractivity contribution in [2.24, 2.45) is 5.92 Å². The third-order valence-corrected chi connectivity index (χ3v) is 3.43. The van der Waals surface area contributed by atoms with Crippen LogP contribution in [0.2, 0.25) is 0 Å². The number of carbonyl (C=O) groups is 1. The lowest BCUT2D eigenvalue weighted by molar-refractivity contribution is 0.0296. The fraction of sp³-hybridized carbons (Fsp3) is 0.917. The van der Waals surface area contributed by atoms with Gasteiger partial charge in [-0.3, -0.25) is 0 Å². The van der Waals surface area contributed by atoms with E-state index in [0.29, 0.717) is 12.5 Å². The van der Waals surface area contributed by atoms with Crippen LogP contribution >= 0.6 is 0 Å². The molecule has 2 amide bonds. The predicted octanol–water partition coefficient (Wildman–Crippen LogP) is 0.416. The van der Waals surface area contributed by atoms with Crippen molar-refractivity contribution in [3.05, 3.63) is 0 Å². The Labute approximate surface area is 103 Å². The van der Waals surface area contributed by atoms with Crippen molar-refractivity contribution >= 4 is 6.03 Å². The number of piperidine rings is 1. The van der Waals surface area contributed by atoms with Crippen molar-refractivity contribution in [1.29, 1.82) is 0 Å². The molecule has 2 N–H and O–H groups in total. The Kier molecular flexibility index (Phi) is 4.62. The molecule has 2 aliphatic rings. The molecule has 2 rings (SSSR count). The van der Waals surface area contributed by atoms with Gasteiger partial charge in [0.15, 0.2) is 0 Å². The first-order valence-corrected chi connectivity index (χ1v) is 6.61. The lowest BCUT2D eigenvalue weighted by atomic mass is 10.0. The van der Waals surface area contributed by atoms with Crippen molar-refractivity contribution in [2.45, 2.75) is 25.9 Å². The molecule has 0 aromatic heterocycles. The molecule has 17 heavy (non-hydrogen) atoms. The van der Waals surface area contributed by atoms with Gasteiger partial charge in [-0.2, -0.15) is 0 Å². The summed E-state index contributed by atoms with van der Waals surface area (Å²) in [5.74, 6) is 0.627. The second kappa shape index (κ2) is 6.21. The van der Waals surface area contributed by atoms with Crippen molar-refractivity contribution in [2.75, 3.05) is 39.3 Å². The van der Waals surface area contributed by atoms with Crippen LogP contribution < -0.4 is 10.6 Å². The van der Waals surface area contributed by atoms with E-state index >= 15 is 0 Å². The summed E-state index contributed by atoms with van der Waals surface area (Å²) in [5.41, 5.74) is 0. The van der Waals surface area contributed by atoms with Crippen molar-refractivity contribution in [1.82, 2.24) is 15.5 Å². The Morgan fingerprint density at radius 2 is 2.47 bits per heavy atom. The first kappa shape index (κ1) is 12.6. The molecule has 0 bridgehead atoms. The van der Waals surface area contributed by atoms with Gasteiger partial charge in [-0.15, -0.1) is 0 Å². The van der Waals surface area contributed by atoms with Gasteiger partial charge in [0.05, 0.1) is 12.7 Å². The molecule has 0 aromatic rings. The molecule has 0 radical (unpaired) electrons. The zero-order valence-corrected chi connectivity index (χ0v) is 10.6. The summed E-state index contributed by atoms with van der Waals surface area (Å²) >= 11 is 0. The molecule has 2 saturated heterocycles. The van der Waals surface area contributed by atoms with Gasteiger partial charge in [-0.1, -0.05) is 6.92 Å². The number of ether oxygens (including phenoxy) is 1. The molecular weight excluding hydrogens is 218 g/mol. The molecule has 5 heteroatoms. The minimum absolute atomic E-state index is 0.0609. The van der Waals surface area contributed by atoms with Gasteiger partial charge in [0.2, 0.25) is 0 Å². The standard InChI is InChI=1S/C12H23N3O2/c1-10-3-2-5-15(9-10)12(16)14-8-11-7-13-4-6-17-11/h10-11,13H,2-9H2,1H3,(H,14,16). The van der Waals surface area contributed by atoms with Crippen LogP contribution in [0.4, 0.5) is 4.79 Å².